The summed E-state index contributed by atoms with van der Waals surface area (Å²) in [4.78, 5) is 16.9. The maximum absolute atomic E-state index is 12.8. The lowest BCUT2D eigenvalue weighted by Crippen LogP contribution is -2.23. The predicted octanol–water partition coefficient (Wildman–Crippen LogP) is 5.34. The van der Waals surface area contributed by atoms with Gasteiger partial charge in [-0.15, -0.1) is 0 Å². The summed E-state index contributed by atoms with van der Waals surface area (Å²) in [7, 11) is 0. The van der Waals surface area contributed by atoms with E-state index in [9.17, 15) is 4.79 Å². The number of nitrogens with one attached hydrogen (secondary N) is 1. The van der Waals surface area contributed by atoms with E-state index in [1.807, 2.05) is 42.5 Å². The lowest BCUT2D eigenvalue weighted by Gasteiger charge is -2.11. The number of amides is 1. The Morgan fingerprint density at radius 3 is 2.45 bits per heavy atom. The van der Waals surface area contributed by atoms with E-state index >= 15 is 0 Å². The number of aromatic nitrogens is 1. The molecule has 0 unspecified atom stereocenters. The average molecular weight is 405 g/mol. The van der Waals surface area contributed by atoms with E-state index in [1.165, 1.54) is 0 Å². The third kappa shape index (κ3) is 4.95. The van der Waals surface area contributed by atoms with Gasteiger partial charge in [0.15, 0.2) is 0 Å². The Labute approximate surface area is 180 Å². The molecule has 3 aromatic carbocycles. The SMILES string of the molecule is N#Cc1cccc(Oc2ncccc2C(=O)NCc2ccc(-c3ccccc3)cc2)c1. The number of carbonyl (C=O) groups is 1. The van der Waals surface area contributed by atoms with Gasteiger partial charge in [-0.25, -0.2) is 4.98 Å². The maximum atomic E-state index is 12.8. The monoisotopic (exact) mass is 405 g/mol. The van der Waals surface area contributed by atoms with E-state index in [2.05, 4.69) is 28.5 Å². The van der Waals surface area contributed by atoms with Crippen LogP contribution < -0.4 is 10.1 Å². The second kappa shape index (κ2) is 9.38. The molecule has 0 spiro atoms. The summed E-state index contributed by atoms with van der Waals surface area (Å²) < 4.78 is 5.77. The van der Waals surface area contributed by atoms with Crippen LogP contribution >= 0.6 is 0 Å². The van der Waals surface area contributed by atoms with Crippen molar-refractivity contribution in [2.45, 2.75) is 6.54 Å². The van der Waals surface area contributed by atoms with Crippen LogP contribution in [0.5, 0.6) is 11.6 Å². The van der Waals surface area contributed by atoms with Crippen LogP contribution in [0.25, 0.3) is 11.1 Å². The van der Waals surface area contributed by atoms with Crippen molar-refractivity contribution >= 4 is 5.91 Å². The van der Waals surface area contributed by atoms with Crippen molar-refractivity contribution in [3.8, 4) is 28.8 Å². The molecule has 1 amide bonds. The quantitative estimate of drug-likeness (QED) is 0.470. The number of ether oxygens (including phenoxy) is 1. The van der Waals surface area contributed by atoms with Crippen LogP contribution in [-0.2, 0) is 6.54 Å². The van der Waals surface area contributed by atoms with Gasteiger partial charge in [-0.3, -0.25) is 4.79 Å². The maximum Gasteiger partial charge on any atom is 0.257 e. The van der Waals surface area contributed by atoms with E-state index < -0.39 is 0 Å². The van der Waals surface area contributed by atoms with Crippen molar-refractivity contribution < 1.29 is 9.53 Å². The summed E-state index contributed by atoms with van der Waals surface area (Å²) in [6.07, 6.45) is 1.56. The second-order valence-corrected chi connectivity index (χ2v) is 6.84. The van der Waals surface area contributed by atoms with Crippen LogP contribution in [-0.4, -0.2) is 10.9 Å². The molecule has 0 saturated carbocycles. The zero-order chi connectivity index (χ0) is 21.5. The van der Waals surface area contributed by atoms with Gasteiger partial charge in [-0.1, -0.05) is 60.7 Å². The van der Waals surface area contributed by atoms with Crippen molar-refractivity contribution in [3.05, 3.63) is 114 Å². The highest BCUT2D eigenvalue weighted by Gasteiger charge is 2.14. The zero-order valence-corrected chi connectivity index (χ0v) is 16.7. The first kappa shape index (κ1) is 19.9. The number of nitriles is 1. The largest absolute Gasteiger partial charge is 0.438 e. The molecule has 0 aliphatic carbocycles. The summed E-state index contributed by atoms with van der Waals surface area (Å²) >= 11 is 0. The van der Waals surface area contributed by atoms with Gasteiger partial charge in [-0.2, -0.15) is 5.26 Å². The summed E-state index contributed by atoms with van der Waals surface area (Å²) in [5.74, 6) is 0.351. The van der Waals surface area contributed by atoms with Crippen molar-refractivity contribution in [2.24, 2.45) is 0 Å². The Morgan fingerprint density at radius 2 is 1.68 bits per heavy atom. The number of benzene rings is 3. The molecule has 5 heteroatoms. The molecule has 0 radical (unpaired) electrons. The standard InChI is InChI=1S/C26H19N3O2/c27-17-20-6-4-9-23(16-20)31-26-24(10-5-15-28-26)25(30)29-18-19-11-13-22(14-12-19)21-7-2-1-3-8-21/h1-16H,18H2,(H,29,30). The van der Waals surface area contributed by atoms with E-state index in [0.29, 0.717) is 23.4 Å². The lowest BCUT2D eigenvalue weighted by atomic mass is 10.0. The van der Waals surface area contributed by atoms with Gasteiger partial charge in [0.05, 0.1) is 11.6 Å². The smallest absolute Gasteiger partial charge is 0.257 e. The highest BCUT2D eigenvalue weighted by molar-refractivity contribution is 5.96. The Bertz CT molecular complexity index is 1230. The first-order valence-corrected chi connectivity index (χ1v) is 9.78. The van der Waals surface area contributed by atoms with E-state index in [-0.39, 0.29) is 11.8 Å². The fraction of sp³-hybridized carbons (Fsp3) is 0.0385. The third-order valence-corrected chi connectivity index (χ3v) is 4.71. The molecule has 31 heavy (non-hydrogen) atoms. The van der Waals surface area contributed by atoms with Crippen LogP contribution in [0.15, 0.2) is 97.2 Å². The fourth-order valence-corrected chi connectivity index (χ4v) is 3.11. The van der Waals surface area contributed by atoms with E-state index in [4.69, 9.17) is 10.00 Å². The Balaban J connectivity index is 1.44. The molecule has 4 aromatic rings. The molecule has 5 nitrogen and oxygen atoms in total. The fourth-order valence-electron chi connectivity index (χ4n) is 3.11. The van der Waals surface area contributed by atoms with Gasteiger partial charge in [0, 0.05) is 12.7 Å². The van der Waals surface area contributed by atoms with Gasteiger partial charge < -0.3 is 10.1 Å². The summed E-state index contributed by atoms with van der Waals surface area (Å²) in [5.41, 5.74) is 4.05. The van der Waals surface area contributed by atoms with Crippen molar-refractivity contribution in [3.63, 3.8) is 0 Å². The third-order valence-electron chi connectivity index (χ3n) is 4.71. The minimum absolute atomic E-state index is 0.189. The van der Waals surface area contributed by atoms with Crippen LogP contribution in [0.2, 0.25) is 0 Å². The minimum Gasteiger partial charge on any atom is -0.438 e. The number of rotatable bonds is 6. The normalized spacial score (nSPS) is 10.2. The Kier molecular flexibility index (Phi) is 6.01. The van der Waals surface area contributed by atoms with Gasteiger partial charge in [-0.05, 0) is 47.0 Å². The van der Waals surface area contributed by atoms with Crippen LogP contribution in [0.1, 0.15) is 21.5 Å². The topological polar surface area (TPSA) is 75.0 Å². The molecular weight excluding hydrogens is 386 g/mol. The Morgan fingerprint density at radius 1 is 0.903 bits per heavy atom. The average Bonchev–Trinajstić information content (AvgIpc) is 2.84. The van der Waals surface area contributed by atoms with E-state index in [0.717, 1.165) is 16.7 Å². The van der Waals surface area contributed by atoms with Gasteiger partial charge in [0.2, 0.25) is 5.88 Å². The second-order valence-electron chi connectivity index (χ2n) is 6.84. The van der Waals surface area contributed by atoms with Gasteiger partial charge in [0.25, 0.3) is 5.91 Å². The predicted molar refractivity (Wildman–Crippen MR) is 119 cm³/mol. The van der Waals surface area contributed by atoms with Gasteiger partial charge >= 0.3 is 0 Å². The highest BCUT2D eigenvalue weighted by atomic mass is 16.5. The summed E-state index contributed by atoms with van der Waals surface area (Å²) in [6.45, 7) is 0.381. The molecular formula is C26H19N3O2. The lowest BCUT2D eigenvalue weighted by molar-refractivity contribution is 0.0948. The van der Waals surface area contributed by atoms with Crippen LogP contribution in [0.3, 0.4) is 0 Å². The first-order chi connectivity index (χ1) is 15.2. The Hall–Kier alpha value is -4.43. The molecule has 1 N–H and O–H groups in total. The molecule has 0 bridgehead atoms. The zero-order valence-electron chi connectivity index (χ0n) is 16.7. The molecule has 0 aliphatic rings. The molecule has 0 atom stereocenters. The number of nitrogens with zero attached hydrogens (tertiary/aromatic N) is 2. The highest BCUT2D eigenvalue weighted by Crippen LogP contribution is 2.24. The van der Waals surface area contributed by atoms with Crippen molar-refractivity contribution in [2.75, 3.05) is 0 Å². The molecule has 0 fully saturated rings. The van der Waals surface area contributed by atoms with Gasteiger partial charge in [0.1, 0.15) is 11.3 Å². The molecule has 150 valence electrons. The number of pyridine rings is 1. The number of hydrogen-bond donors (Lipinski definition) is 1. The molecule has 4 rings (SSSR count). The molecule has 0 saturated heterocycles. The van der Waals surface area contributed by atoms with Crippen LogP contribution in [0, 0.1) is 11.3 Å². The van der Waals surface area contributed by atoms with Crippen LogP contribution in [0.4, 0.5) is 0 Å². The minimum atomic E-state index is -0.285. The van der Waals surface area contributed by atoms with E-state index in [1.54, 1.807) is 42.6 Å². The molecule has 0 aliphatic heterocycles. The van der Waals surface area contributed by atoms with Crippen molar-refractivity contribution in [1.29, 1.82) is 5.26 Å². The molecule has 1 heterocycles. The number of hydrogen-bond acceptors (Lipinski definition) is 4. The first-order valence-electron chi connectivity index (χ1n) is 9.78. The summed E-state index contributed by atoms with van der Waals surface area (Å²) in [6, 6.07) is 30.3. The molecule has 1 aromatic heterocycles. The number of carbonyl (C=O) groups excluding carboxylic acids is 1. The summed E-state index contributed by atoms with van der Waals surface area (Å²) in [5, 5.41) is 12.0. The van der Waals surface area contributed by atoms with Crippen molar-refractivity contribution in [1.82, 2.24) is 10.3 Å².